The number of amides is 2. The number of aromatic amines is 1. The van der Waals surface area contributed by atoms with Crippen LogP contribution in [0.4, 0.5) is 10.5 Å². The van der Waals surface area contributed by atoms with Gasteiger partial charge in [0.2, 0.25) is 0 Å². The summed E-state index contributed by atoms with van der Waals surface area (Å²) in [5.41, 5.74) is -0.585. The lowest BCUT2D eigenvalue weighted by molar-refractivity contribution is 0.0523. The Morgan fingerprint density at radius 3 is 2.35 bits per heavy atom. The Morgan fingerprint density at radius 2 is 1.77 bits per heavy atom. The number of carbonyl (C=O) groups excluding carboxylic acids is 2. The number of hydrogen-bond donors (Lipinski definition) is 1. The third-order valence-electron chi connectivity index (χ3n) is 4.09. The number of carbonyl (C=O) groups is 2. The standard InChI is InChI=1S/C17H18N4O5/c1-3-26-15(23)13-10-21(16(24)18-14(13)22)12-6-4-11(5-7-12)20-9-8-19(2)17(20)25/h4-7,10H,3,8-9H2,1-2H3,(H,18,22,24). The highest BCUT2D eigenvalue weighted by atomic mass is 16.5. The highest BCUT2D eigenvalue weighted by Crippen LogP contribution is 2.21. The van der Waals surface area contributed by atoms with Crippen LogP contribution in [0.2, 0.25) is 0 Å². The van der Waals surface area contributed by atoms with Crippen LogP contribution in [-0.4, -0.2) is 53.2 Å². The summed E-state index contributed by atoms with van der Waals surface area (Å²) in [4.78, 5) is 53.2. The molecular formula is C17H18N4O5. The number of benzene rings is 1. The molecule has 9 heteroatoms. The zero-order valence-electron chi connectivity index (χ0n) is 14.4. The molecule has 0 radical (unpaired) electrons. The van der Waals surface area contributed by atoms with Crippen LogP contribution in [0.5, 0.6) is 0 Å². The predicted octanol–water partition coefficient (Wildman–Crippen LogP) is 0.574. The van der Waals surface area contributed by atoms with Crippen molar-refractivity contribution < 1.29 is 14.3 Å². The van der Waals surface area contributed by atoms with Gasteiger partial charge in [-0.25, -0.2) is 14.4 Å². The second-order valence-corrected chi connectivity index (χ2v) is 5.76. The van der Waals surface area contributed by atoms with Gasteiger partial charge >= 0.3 is 17.7 Å². The average molecular weight is 358 g/mol. The topological polar surface area (TPSA) is 105 Å². The molecule has 0 bridgehead atoms. The van der Waals surface area contributed by atoms with Crippen LogP contribution in [-0.2, 0) is 4.74 Å². The van der Waals surface area contributed by atoms with Gasteiger partial charge < -0.3 is 9.64 Å². The fourth-order valence-corrected chi connectivity index (χ4v) is 2.70. The number of nitrogens with one attached hydrogen (secondary N) is 1. The molecule has 9 nitrogen and oxygen atoms in total. The molecule has 1 N–H and O–H groups in total. The summed E-state index contributed by atoms with van der Waals surface area (Å²) in [6, 6.07) is 6.58. The fourth-order valence-electron chi connectivity index (χ4n) is 2.70. The third kappa shape index (κ3) is 3.10. The van der Waals surface area contributed by atoms with Crippen LogP contribution in [0.3, 0.4) is 0 Å². The first-order valence-electron chi connectivity index (χ1n) is 8.08. The maximum absolute atomic E-state index is 12.1. The summed E-state index contributed by atoms with van der Waals surface area (Å²) in [5.74, 6) is -0.801. The van der Waals surface area contributed by atoms with Crippen molar-refractivity contribution in [2.24, 2.45) is 0 Å². The highest BCUT2D eigenvalue weighted by molar-refractivity contribution is 5.94. The molecule has 1 aromatic carbocycles. The first-order chi connectivity index (χ1) is 12.4. The van der Waals surface area contributed by atoms with E-state index >= 15 is 0 Å². The molecule has 0 unspecified atom stereocenters. The monoisotopic (exact) mass is 358 g/mol. The van der Waals surface area contributed by atoms with E-state index in [1.54, 1.807) is 48.0 Å². The maximum atomic E-state index is 12.1. The van der Waals surface area contributed by atoms with E-state index in [-0.39, 0.29) is 18.2 Å². The summed E-state index contributed by atoms with van der Waals surface area (Å²) in [5, 5.41) is 0. The predicted molar refractivity (Wildman–Crippen MR) is 94.0 cm³/mol. The van der Waals surface area contributed by atoms with Crippen LogP contribution in [0.25, 0.3) is 5.69 Å². The minimum Gasteiger partial charge on any atom is -0.462 e. The lowest BCUT2D eigenvalue weighted by Crippen LogP contribution is -2.33. The van der Waals surface area contributed by atoms with Crippen molar-refractivity contribution in [1.29, 1.82) is 0 Å². The summed E-state index contributed by atoms with van der Waals surface area (Å²) in [6.07, 6.45) is 1.16. The number of likely N-dealkylation sites (N-methyl/N-ethyl adjacent to an activating group) is 1. The molecule has 2 amide bonds. The van der Waals surface area contributed by atoms with Gasteiger partial charge in [-0.1, -0.05) is 0 Å². The Kier molecular flexibility index (Phi) is 4.61. The molecular weight excluding hydrogens is 340 g/mol. The minimum atomic E-state index is -0.801. The van der Waals surface area contributed by atoms with Crippen LogP contribution in [0.15, 0.2) is 40.1 Å². The van der Waals surface area contributed by atoms with E-state index in [4.69, 9.17) is 4.74 Å². The SMILES string of the molecule is CCOC(=O)c1cn(-c2ccc(N3CCN(C)C3=O)cc2)c(=O)[nH]c1=O. The zero-order valence-corrected chi connectivity index (χ0v) is 14.4. The van der Waals surface area contributed by atoms with Crippen LogP contribution >= 0.6 is 0 Å². The number of aromatic nitrogens is 2. The van der Waals surface area contributed by atoms with Crippen molar-refractivity contribution in [1.82, 2.24) is 14.5 Å². The largest absolute Gasteiger partial charge is 0.462 e. The second kappa shape index (κ2) is 6.87. The number of esters is 1. The van der Waals surface area contributed by atoms with Gasteiger partial charge in [-0.05, 0) is 31.2 Å². The number of nitrogens with zero attached hydrogens (tertiary/aromatic N) is 3. The first kappa shape index (κ1) is 17.5. The molecule has 2 heterocycles. The molecule has 1 aliphatic heterocycles. The minimum absolute atomic E-state index is 0.0939. The van der Waals surface area contributed by atoms with Crippen molar-refractivity contribution >= 4 is 17.7 Å². The van der Waals surface area contributed by atoms with Gasteiger partial charge in [0, 0.05) is 32.0 Å². The normalized spacial score (nSPS) is 14.0. The van der Waals surface area contributed by atoms with E-state index in [9.17, 15) is 19.2 Å². The van der Waals surface area contributed by atoms with Gasteiger partial charge in [0.25, 0.3) is 5.56 Å². The number of hydrogen-bond acceptors (Lipinski definition) is 5. The molecule has 0 aliphatic carbocycles. The van der Waals surface area contributed by atoms with Crippen molar-refractivity contribution in [3.05, 3.63) is 56.9 Å². The molecule has 0 spiro atoms. The summed E-state index contributed by atoms with van der Waals surface area (Å²) < 4.78 is 5.97. The molecule has 0 atom stereocenters. The number of urea groups is 1. The van der Waals surface area contributed by atoms with Crippen LogP contribution in [0, 0.1) is 0 Å². The molecule has 1 saturated heterocycles. The highest BCUT2D eigenvalue weighted by Gasteiger charge is 2.26. The van der Waals surface area contributed by atoms with Gasteiger partial charge in [-0.2, -0.15) is 0 Å². The van der Waals surface area contributed by atoms with Crippen molar-refractivity contribution in [2.75, 3.05) is 31.6 Å². The van der Waals surface area contributed by atoms with E-state index in [1.807, 2.05) is 0 Å². The van der Waals surface area contributed by atoms with Gasteiger partial charge in [0.05, 0.1) is 12.3 Å². The summed E-state index contributed by atoms with van der Waals surface area (Å²) in [6.45, 7) is 2.96. The third-order valence-corrected chi connectivity index (χ3v) is 4.09. The quantitative estimate of drug-likeness (QED) is 0.805. The van der Waals surface area contributed by atoms with Crippen molar-refractivity contribution in [3.63, 3.8) is 0 Å². The first-order valence-corrected chi connectivity index (χ1v) is 8.08. The Balaban J connectivity index is 1.95. The van der Waals surface area contributed by atoms with E-state index < -0.39 is 17.2 Å². The smallest absolute Gasteiger partial charge is 0.345 e. The Labute approximate surface area is 148 Å². The Hall–Kier alpha value is -3.36. The second-order valence-electron chi connectivity index (χ2n) is 5.76. The molecule has 1 aromatic heterocycles. The average Bonchev–Trinajstić information content (AvgIpc) is 2.95. The van der Waals surface area contributed by atoms with Crippen LogP contribution < -0.4 is 16.1 Å². The lowest BCUT2D eigenvalue weighted by Gasteiger charge is -2.16. The molecule has 2 aromatic rings. The lowest BCUT2D eigenvalue weighted by atomic mass is 10.2. The molecule has 136 valence electrons. The summed E-state index contributed by atoms with van der Waals surface area (Å²) >= 11 is 0. The van der Waals surface area contributed by atoms with E-state index in [0.717, 1.165) is 10.8 Å². The molecule has 1 fully saturated rings. The van der Waals surface area contributed by atoms with Crippen molar-refractivity contribution in [2.45, 2.75) is 6.92 Å². The van der Waals surface area contributed by atoms with E-state index in [2.05, 4.69) is 4.98 Å². The van der Waals surface area contributed by atoms with Gasteiger partial charge in [0.15, 0.2) is 0 Å². The maximum Gasteiger partial charge on any atom is 0.345 e. The van der Waals surface area contributed by atoms with Gasteiger partial charge in [-0.3, -0.25) is 19.2 Å². The number of H-pyrrole nitrogens is 1. The summed E-state index contributed by atoms with van der Waals surface area (Å²) in [7, 11) is 1.73. The van der Waals surface area contributed by atoms with Crippen LogP contribution in [0.1, 0.15) is 17.3 Å². The van der Waals surface area contributed by atoms with Crippen molar-refractivity contribution in [3.8, 4) is 5.69 Å². The number of ether oxygens (including phenoxy) is 1. The van der Waals surface area contributed by atoms with Gasteiger partial charge in [0.1, 0.15) is 5.56 Å². The van der Waals surface area contributed by atoms with Gasteiger partial charge in [-0.15, -0.1) is 0 Å². The molecule has 3 rings (SSSR count). The molecule has 1 aliphatic rings. The zero-order chi connectivity index (χ0) is 18.8. The molecule has 0 saturated carbocycles. The Bertz CT molecular complexity index is 960. The Morgan fingerprint density at radius 1 is 1.12 bits per heavy atom. The fraction of sp³-hybridized carbons (Fsp3) is 0.294. The van der Waals surface area contributed by atoms with E-state index in [1.165, 1.54) is 0 Å². The molecule has 26 heavy (non-hydrogen) atoms. The van der Waals surface area contributed by atoms with E-state index in [0.29, 0.717) is 24.5 Å². The number of anilines is 1. The number of rotatable bonds is 4.